The van der Waals surface area contributed by atoms with Crippen molar-refractivity contribution in [2.75, 3.05) is 0 Å². The van der Waals surface area contributed by atoms with E-state index in [0.29, 0.717) is 0 Å². The van der Waals surface area contributed by atoms with Gasteiger partial charge in [-0.1, -0.05) is 6.08 Å². The Bertz CT molecular complexity index is 224. The summed E-state index contributed by atoms with van der Waals surface area (Å²) < 4.78 is 29.6. The maximum atomic E-state index is 12.4. The summed E-state index contributed by atoms with van der Waals surface area (Å²) in [6.07, 6.45) is -2.13. The number of nitrogens with one attached hydrogen (secondary N) is 1. The Balaban J connectivity index is 4.17. The fraction of sp³-hybridized carbons (Fsp3) is 0.700. The molecular formula is C10H17F2NO2. The first-order valence-electron chi connectivity index (χ1n) is 4.65. The lowest BCUT2D eigenvalue weighted by Gasteiger charge is -2.22. The highest BCUT2D eigenvalue weighted by Gasteiger charge is 2.24. The van der Waals surface area contributed by atoms with Gasteiger partial charge in [-0.25, -0.2) is 13.6 Å². The molecule has 1 atom stereocenters. The molecule has 88 valence electrons. The van der Waals surface area contributed by atoms with Gasteiger partial charge in [-0.2, -0.15) is 0 Å². The molecule has 0 aromatic heterocycles. The highest BCUT2D eigenvalue weighted by molar-refractivity contribution is 5.68. The minimum absolute atomic E-state index is 0.0108. The van der Waals surface area contributed by atoms with Crippen LogP contribution in [0.15, 0.2) is 12.7 Å². The molecule has 0 aromatic rings. The highest BCUT2D eigenvalue weighted by atomic mass is 19.3. The number of halogens is 2. The third kappa shape index (κ3) is 6.88. The van der Waals surface area contributed by atoms with Crippen LogP contribution >= 0.6 is 0 Å². The van der Waals surface area contributed by atoms with Gasteiger partial charge in [0.1, 0.15) is 5.60 Å². The van der Waals surface area contributed by atoms with Crippen LogP contribution in [0.4, 0.5) is 13.6 Å². The molecule has 0 aliphatic carbocycles. The fourth-order valence-electron chi connectivity index (χ4n) is 0.863. The summed E-state index contributed by atoms with van der Waals surface area (Å²) in [5.74, 6) is 0. The van der Waals surface area contributed by atoms with E-state index in [1.807, 2.05) is 0 Å². The number of rotatable bonds is 4. The third-order valence-electron chi connectivity index (χ3n) is 1.43. The summed E-state index contributed by atoms with van der Waals surface area (Å²) in [5, 5.41) is 2.09. The lowest BCUT2D eigenvalue weighted by atomic mass is 10.2. The molecule has 1 N–H and O–H groups in total. The lowest BCUT2D eigenvalue weighted by molar-refractivity contribution is 0.0379. The van der Waals surface area contributed by atoms with Crippen molar-refractivity contribution in [2.45, 2.75) is 45.3 Å². The van der Waals surface area contributed by atoms with E-state index >= 15 is 0 Å². The van der Waals surface area contributed by atoms with E-state index in [4.69, 9.17) is 4.74 Å². The molecule has 0 saturated heterocycles. The van der Waals surface area contributed by atoms with Crippen molar-refractivity contribution in [3.8, 4) is 0 Å². The Morgan fingerprint density at radius 2 is 2.07 bits per heavy atom. The maximum absolute atomic E-state index is 12.4. The summed E-state index contributed by atoms with van der Waals surface area (Å²) in [6, 6.07) is -1.24. The Hall–Kier alpha value is -1.13. The number of hydrogen-bond acceptors (Lipinski definition) is 2. The second kappa shape index (κ2) is 5.68. The molecule has 0 aliphatic rings. The first kappa shape index (κ1) is 13.9. The van der Waals surface area contributed by atoms with Crippen LogP contribution in [-0.2, 0) is 4.74 Å². The zero-order chi connectivity index (χ0) is 12.1. The van der Waals surface area contributed by atoms with Gasteiger partial charge in [-0.3, -0.25) is 0 Å². The molecule has 0 heterocycles. The molecule has 0 radical (unpaired) electrons. The maximum Gasteiger partial charge on any atom is 0.408 e. The van der Waals surface area contributed by atoms with Gasteiger partial charge >= 0.3 is 6.09 Å². The first-order chi connectivity index (χ1) is 6.76. The molecule has 0 fully saturated rings. The second-order valence-electron chi connectivity index (χ2n) is 4.11. The van der Waals surface area contributed by atoms with Crippen LogP contribution in [0.25, 0.3) is 0 Å². The SMILES string of the molecule is C=CCC(NC(=O)OC(C)(C)C)C(F)F. The predicted molar refractivity (Wildman–Crippen MR) is 54.0 cm³/mol. The van der Waals surface area contributed by atoms with Crippen LogP contribution < -0.4 is 5.32 Å². The molecule has 3 nitrogen and oxygen atoms in total. The number of carbonyl (C=O) groups excluding carboxylic acids is 1. The number of carbonyl (C=O) groups is 1. The average Bonchev–Trinajstić information content (AvgIpc) is 1.99. The van der Waals surface area contributed by atoms with E-state index in [-0.39, 0.29) is 6.42 Å². The van der Waals surface area contributed by atoms with Crippen molar-refractivity contribution < 1.29 is 18.3 Å². The molecule has 1 amide bonds. The number of alkyl halides is 2. The summed E-state index contributed by atoms with van der Waals surface area (Å²) in [4.78, 5) is 11.1. The van der Waals surface area contributed by atoms with Crippen molar-refractivity contribution in [3.63, 3.8) is 0 Å². The Morgan fingerprint density at radius 3 is 2.40 bits per heavy atom. The molecule has 0 rings (SSSR count). The minimum Gasteiger partial charge on any atom is -0.444 e. The smallest absolute Gasteiger partial charge is 0.408 e. The lowest BCUT2D eigenvalue weighted by Crippen LogP contribution is -2.42. The number of alkyl carbamates (subject to hydrolysis) is 1. The predicted octanol–water partition coefficient (Wildman–Crippen LogP) is 2.72. The second-order valence-corrected chi connectivity index (χ2v) is 4.11. The van der Waals surface area contributed by atoms with Gasteiger partial charge in [-0.05, 0) is 27.2 Å². The van der Waals surface area contributed by atoms with Crippen molar-refractivity contribution in [1.82, 2.24) is 5.32 Å². The summed E-state index contributed by atoms with van der Waals surface area (Å²) in [7, 11) is 0. The summed E-state index contributed by atoms with van der Waals surface area (Å²) >= 11 is 0. The van der Waals surface area contributed by atoms with Gasteiger partial charge in [0.25, 0.3) is 6.43 Å². The van der Waals surface area contributed by atoms with E-state index < -0.39 is 24.2 Å². The largest absolute Gasteiger partial charge is 0.444 e. The molecule has 0 bridgehead atoms. The zero-order valence-corrected chi connectivity index (χ0v) is 9.22. The molecule has 0 spiro atoms. The van der Waals surface area contributed by atoms with Gasteiger partial charge < -0.3 is 10.1 Å². The van der Waals surface area contributed by atoms with Gasteiger partial charge in [0.15, 0.2) is 0 Å². The Morgan fingerprint density at radius 1 is 1.53 bits per heavy atom. The normalized spacial score (nSPS) is 13.5. The molecule has 0 aromatic carbocycles. The molecule has 0 aliphatic heterocycles. The van der Waals surface area contributed by atoms with Crippen molar-refractivity contribution in [3.05, 3.63) is 12.7 Å². The van der Waals surface area contributed by atoms with E-state index in [1.54, 1.807) is 20.8 Å². The number of ether oxygens (including phenoxy) is 1. The molecule has 1 unspecified atom stereocenters. The average molecular weight is 221 g/mol. The number of amides is 1. The van der Waals surface area contributed by atoms with Gasteiger partial charge in [0, 0.05) is 0 Å². The monoisotopic (exact) mass is 221 g/mol. The van der Waals surface area contributed by atoms with Crippen molar-refractivity contribution in [1.29, 1.82) is 0 Å². The van der Waals surface area contributed by atoms with E-state index in [9.17, 15) is 13.6 Å². The van der Waals surface area contributed by atoms with Crippen LogP contribution in [0, 0.1) is 0 Å². The van der Waals surface area contributed by atoms with Crippen LogP contribution in [0.2, 0.25) is 0 Å². The molecular weight excluding hydrogens is 204 g/mol. The minimum atomic E-state index is -2.63. The Labute approximate surface area is 88.5 Å². The summed E-state index contributed by atoms with van der Waals surface area (Å²) in [6.45, 7) is 8.33. The quantitative estimate of drug-likeness (QED) is 0.741. The van der Waals surface area contributed by atoms with Gasteiger partial charge in [-0.15, -0.1) is 6.58 Å². The van der Waals surface area contributed by atoms with Gasteiger partial charge in [0.2, 0.25) is 0 Å². The first-order valence-corrected chi connectivity index (χ1v) is 4.65. The van der Waals surface area contributed by atoms with Crippen molar-refractivity contribution in [2.24, 2.45) is 0 Å². The highest BCUT2D eigenvalue weighted by Crippen LogP contribution is 2.10. The zero-order valence-electron chi connectivity index (χ0n) is 9.22. The van der Waals surface area contributed by atoms with Crippen LogP contribution in [0.3, 0.4) is 0 Å². The third-order valence-corrected chi connectivity index (χ3v) is 1.43. The van der Waals surface area contributed by atoms with Crippen LogP contribution in [-0.4, -0.2) is 24.2 Å². The van der Waals surface area contributed by atoms with E-state index in [0.717, 1.165) is 0 Å². The molecule has 0 saturated carbocycles. The van der Waals surface area contributed by atoms with Crippen molar-refractivity contribution >= 4 is 6.09 Å². The Kier molecular flexibility index (Phi) is 5.25. The van der Waals surface area contributed by atoms with Crippen LogP contribution in [0.1, 0.15) is 27.2 Å². The molecule has 5 heteroatoms. The van der Waals surface area contributed by atoms with E-state index in [1.165, 1.54) is 6.08 Å². The standard InChI is InChI=1S/C10H17F2NO2/c1-5-6-7(8(11)12)13-9(14)15-10(2,3)4/h5,7-8H,1,6H2,2-4H3,(H,13,14). The summed E-state index contributed by atoms with van der Waals surface area (Å²) in [5.41, 5.74) is -0.690. The molecule has 15 heavy (non-hydrogen) atoms. The van der Waals surface area contributed by atoms with Gasteiger partial charge in [0.05, 0.1) is 6.04 Å². The topological polar surface area (TPSA) is 38.3 Å². The number of hydrogen-bond donors (Lipinski definition) is 1. The van der Waals surface area contributed by atoms with E-state index in [2.05, 4.69) is 11.9 Å². The van der Waals surface area contributed by atoms with Crippen LogP contribution in [0.5, 0.6) is 0 Å². The fourth-order valence-corrected chi connectivity index (χ4v) is 0.863.